The second-order valence-electron chi connectivity index (χ2n) is 3.95. The molecule has 1 aromatic rings. The average molecular weight is 249 g/mol. The van der Waals surface area contributed by atoms with E-state index in [0.29, 0.717) is 0 Å². The molecule has 1 aliphatic heterocycles. The third kappa shape index (κ3) is 4.69. The van der Waals surface area contributed by atoms with Crippen LogP contribution in [-0.2, 0) is 0 Å². The quantitative estimate of drug-likeness (QED) is 0.620. The Bertz CT molecular complexity index is 351. The van der Waals surface area contributed by atoms with Gasteiger partial charge in [0.15, 0.2) is 5.96 Å². The van der Waals surface area contributed by atoms with Gasteiger partial charge in [-0.15, -0.1) is 11.8 Å². The molecule has 1 heterocycles. The molecule has 0 radical (unpaired) electrons. The molecule has 92 valence electrons. The molecule has 0 aliphatic carbocycles. The van der Waals surface area contributed by atoms with Crippen LogP contribution in [-0.4, -0.2) is 31.3 Å². The molecule has 2 N–H and O–H groups in total. The molecule has 1 aromatic carbocycles. The van der Waals surface area contributed by atoms with Gasteiger partial charge in [-0.05, 0) is 30.7 Å². The van der Waals surface area contributed by atoms with E-state index in [4.69, 9.17) is 0 Å². The van der Waals surface area contributed by atoms with Gasteiger partial charge in [-0.2, -0.15) is 0 Å². The van der Waals surface area contributed by atoms with Crippen LogP contribution < -0.4 is 10.6 Å². The number of benzene rings is 1. The molecule has 1 aliphatic rings. The van der Waals surface area contributed by atoms with Crippen molar-refractivity contribution in [1.82, 2.24) is 10.6 Å². The minimum absolute atomic E-state index is 0.952. The summed E-state index contributed by atoms with van der Waals surface area (Å²) >= 11 is 1.91. The summed E-state index contributed by atoms with van der Waals surface area (Å²) in [5.74, 6) is 2.12. The summed E-state index contributed by atoms with van der Waals surface area (Å²) in [5, 5.41) is 6.59. The molecule has 0 bridgehead atoms. The molecule has 0 saturated carbocycles. The molecule has 0 fully saturated rings. The van der Waals surface area contributed by atoms with E-state index in [0.717, 1.165) is 44.2 Å². The topological polar surface area (TPSA) is 36.4 Å². The van der Waals surface area contributed by atoms with Crippen LogP contribution in [0.5, 0.6) is 0 Å². The van der Waals surface area contributed by atoms with Gasteiger partial charge < -0.3 is 10.6 Å². The fraction of sp³-hybridized carbons (Fsp3) is 0.462. The molecular weight excluding hydrogens is 230 g/mol. The number of rotatable bonds is 5. The first-order valence-electron chi connectivity index (χ1n) is 6.15. The van der Waals surface area contributed by atoms with E-state index in [1.807, 2.05) is 11.8 Å². The van der Waals surface area contributed by atoms with Crippen molar-refractivity contribution in [3.63, 3.8) is 0 Å². The maximum atomic E-state index is 4.37. The highest BCUT2D eigenvalue weighted by Gasteiger charge is 2.01. The van der Waals surface area contributed by atoms with Crippen LogP contribution >= 0.6 is 11.8 Å². The standard InChI is InChI=1S/C13H19N3S/c1-2-6-12(7-3-1)17-11-5-10-16-13-14-8-4-9-15-13/h1-3,6-7H,4-5,8-11H2,(H2,14,15,16). The molecular formula is C13H19N3S. The number of guanidine groups is 1. The zero-order valence-electron chi connectivity index (χ0n) is 9.98. The van der Waals surface area contributed by atoms with Crippen molar-refractivity contribution in [2.24, 2.45) is 4.99 Å². The van der Waals surface area contributed by atoms with Crippen LogP contribution in [0.15, 0.2) is 40.2 Å². The van der Waals surface area contributed by atoms with Gasteiger partial charge in [-0.25, -0.2) is 0 Å². The maximum Gasteiger partial charge on any atom is 0.191 e. The Hall–Kier alpha value is -1.16. The Morgan fingerprint density at radius 3 is 2.94 bits per heavy atom. The van der Waals surface area contributed by atoms with Gasteiger partial charge in [-0.1, -0.05) is 18.2 Å². The molecule has 17 heavy (non-hydrogen) atoms. The van der Waals surface area contributed by atoms with Crippen molar-refractivity contribution >= 4 is 17.7 Å². The zero-order valence-corrected chi connectivity index (χ0v) is 10.8. The molecule has 0 atom stereocenters. The van der Waals surface area contributed by atoms with E-state index >= 15 is 0 Å². The fourth-order valence-corrected chi connectivity index (χ4v) is 2.51. The number of nitrogens with one attached hydrogen (secondary N) is 2. The molecule has 0 saturated heterocycles. The Morgan fingerprint density at radius 1 is 1.29 bits per heavy atom. The second kappa shape index (κ2) is 7.22. The van der Waals surface area contributed by atoms with Crippen LogP contribution in [0.2, 0.25) is 0 Å². The number of hydrogen-bond acceptors (Lipinski definition) is 4. The third-order valence-corrected chi connectivity index (χ3v) is 3.62. The van der Waals surface area contributed by atoms with Crippen molar-refractivity contribution in [2.45, 2.75) is 17.7 Å². The first-order chi connectivity index (χ1) is 8.45. The van der Waals surface area contributed by atoms with Gasteiger partial charge in [0.1, 0.15) is 0 Å². The lowest BCUT2D eigenvalue weighted by molar-refractivity contribution is 0.698. The lowest BCUT2D eigenvalue weighted by Gasteiger charge is -2.15. The largest absolute Gasteiger partial charge is 0.356 e. The summed E-state index contributed by atoms with van der Waals surface area (Å²) in [4.78, 5) is 5.72. The smallest absolute Gasteiger partial charge is 0.191 e. The van der Waals surface area contributed by atoms with Crippen molar-refractivity contribution in [2.75, 3.05) is 25.4 Å². The highest BCUT2D eigenvalue weighted by molar-refractivity contribution is 7.99. The predicted molar refractivity (Wildman–Crippen MR) is 74.7 cm³/mol. The summed E-state index contributed by atoms with van der Waals surface area (Å²) in [6.45, 7) is 2.99. The van der Waals surface area contributed by atoms with Gasteiger partial charge in [0, 0.05) is 24.5 Å². The van der Waals surface area contributed by atoms with Gasteiger partial charge in [0.05, 0.1) is 0 Å². The molecule has 0 spiro atoms. The van der Waals surface area contributed by atoms with Crippen molar-refractivity contribution in [3.8, 4) is 0 Å². The first kappa shape index (κ1) is 12.3. The second-order valence-corrected chi connectivity index (χ2v) is 5.12. The first-order valence-corrected chi connectivity index (χ1v) is 7.14. The molecule has 3 nitrogen and oxygen atoms in total. The third-order valence-electron chi connectivity index (χ3n) is 2.52. The van der Waals surface area contributed by atoms with Crippen LogP contribution in [0.25, 0.3) is 0 Å². The van der Waals surface area contributed by atoms with Gasteiger partial charge >= 0.3 is 0 Å². The van der Waals surface area contributed by atoms with Crippen LogP contribution in [0.3, 0.4) is 0 Å². The van der Waals surface area contributed by atoms with E-state index in [-0.39, 0.29) is 0 Å². The average Bonchev–Trinajstić information content (AvgIpc) is 2.41. The Morgan fingerprint density at radius 2 is 2.18 bits per heavy atom. The Labute approximate surface area is 107 Å². The van der Waals surface area contributed by atoms with E-state index in [1.54, 1.807) is 0 Å². The van der Waals surface area contributed by atoms with Gasteiger partial charge in [0.25, 0.3) is 0 Å². The van der Waals surface area contributed by atoms with Crippen LogP contribution in [0.1, 0.15) is 12.8 Å². The van der Waals surface area contributed by atoms with E-state index < -0.39 is 0 Å². The number of hydrogen-bond donors (Lipinski definition) is 2. The minimum Gasteiger partial charge on any atom is -0.356 e. The molecule has 4 heteroatoms. The van der Waals surface area contributed by atoms with Crippen LogP contribution in [0, 0.1) is 0 Å². The molecule has 0 amide bonds. The summed E-state index contributed by atoms with van der Waals surface area (Å²) in [6.07, 6.45) is 2.30. The summed E-state index contributed by atoms with van der Waals surface area (Å²) in [5.41, 5.74) is 0. The number of aliphatic imine (C=N–C) groups is 1. The number of thioether (sulfide) groups is 1. The Balaban J connectivity index is 1.56. The highest BCUT2D eigenvalue weighted by Crippen LogP contribution is 2.17. The molecule has 0 unspecified atom stereocenters. The zero-order chi connectivity index (χ0) is 11.8. The van der Waals surface area contributed by atoms with Crippen molar-refractivity contribution in [1.29, 1.82) is 0 Å². The van der Waals surface area contributed by atoms with Gasteiger partial charge in [-0.3, -0.25) is 4.99 Å². The van der Waals surface area contributed by atoms with Crippen molar-refractivity contribution in [3.05, 3.63) is 30.3 Å². The monoisotopic (exact) mass is 249 g/mol. The van der Waals surface area contributed by atoms with E-state index in [9.17, 15) is 0 Å². The highest BCUT2D eigenvalue weighted by atomic mass is 32.2. The Kier molecular flexibility index (Phi) is 5.23. The number of nitrogens with zero attached hydrogens (tertiary/aromatic N) is 1. The molecule has 2 rings (SSSR count). The fourth-order valence-electron chi connectivity index (χ4n) is 1.64. The van der Waals surface area contributed by atoms with E-state index in [2.05, 4.69) is 46.0 Å². The summed E-state index contributed by atoms with van der Waals surface area (Å²) < 4.78 is 0. The van der Waals surface area contributed by atoms with Crippen molar-refractivity contribution < 1.29 is 0 Å². The maximum absolute atomic E-state index is 4.37. The summed E-state index contributed by atoms with van der Waals surface area (Å²) in [7, 11) is 0. The lowest BCUT2D eigenvalue weighted by atomic mass is 10.4. The van der Waals surface area contributed by atoms with E-state index in [1.165, 1.54) is 4.90 Å². The minimum atomic E-state index is 0.952. The van der Waals surface area contributed by atoms with Crippen LogP contribution in [0.4, 0.5) is 0 Å². The predicted octanol–water partition coefficient (Wildman–Crippen LogP) is 2.11. The van der Waals surface area contributed by atoms with Gasteiger partial charge in [0.2, 0.25) is 0 Å². The normalized spacial score (nSPS) is 14.9. The lowest BCUT2D eigenvalue weighted by Crippen LogP contribution is -2.41. The SMILES string of the molecule is c1ccc(SCCCNC2=NCCCN2)cc1. The summed E-state index contributed by atoms with van der Waals surface area (Å²) in [6, 6.07) is 10.5. The molecule has 0 aromatic heterocycles.